The summed E-state index contributed by atoms with van der Waals surface area (Å²) in [5.74, 6) is -0.961. The van der Waals surface area contributed by atoms with Gasteiger partial charge in [0.05, 0.1) is 37.2 Å². The number of H-pyrrole nitrogens is 1. The van der Waals surface area contributed by atoms with E-state index >= 15 is 0 Å². The van der Waals surface area contributed by atoms with E-state index in [2.05, 4.69) is 21.7 Å². The van der Waals surface area contributed by atoms with E-state index in [0.717, 1.165) is 48.2 Å². The molecule has 1 unspecified atom stereocenters. The topological polar surface area (TPSA) is 120 Å². The van der Waals surface area contributed by atoms with Crippen LogP contribution in [0.2, 0.25) is 0 Å². The Labute approximate surface area is 226 Å². The van der Waals surface area contributed by atoms with Crippen molar-refractivity contribution in [3.05, 3.63) is 54.0 Å². The highest BCUT2D eigenvalue weighted by Gasteiger charge is 2.30. The number of amides is 1. The van der Waals surface area contributed by atoms with Crippen LogP contribution >= 0.6 is 0 Å². The number of carbonyl (C=O) groups excluding carboxylic acids is 2. The lowest BCUT2D eigenvalue weighted by molar-refractivity contribution is -0.119. The van der Waals surface area contributed by atoms with Crippen LogP contribution in [0.3, 0.4) is 0 Å². The smallest absolute Gasteiger partial charge is 0.356 e. The van der Waals surface area contributed by atoms with Gasteiger partial charge in [-0.25, -0.2) is 9.78 Å². The highest BCUT2D eigenvalue weighted by Crippen LogP contribution is 2.34. The molecule has 1 atom stereocenters. The number of rotatable bonds is 8. The van der Waals surface area contributed by atoms with Gasteiger partial charge in [-0.05, 0) is 43.4 Å². The molecule has 6 rings (SSSR count). The fourth-order valence-electron chi connectivity index (χ4n) is 5.57. The number of hydrogen-bond donors (Lipinski definition) is 3. The first kappa shape index (κ1) is 25.4. The molecule has 5 heterocycles. The molecule has 0 saturated carbocycles. The van der Waals surface area contributed by atoms with Crippen LogP contribution in [0.15, 0.2) is 42.7 Å². The predicted octanol–water partition coefficient (Wildman–Crippen LogP) is 4.11. The van der Waals surface area contributed by atoms with E-state index in [9.17, 15) is 9.59 Å². The first-order chi connectivity index (χ1) is 19.1. The van der Waals surface area contributed by atoms with Gasteiger partial charge in [-0.3, -0.25) is 4.79 Å². The molecule has 2 fully saturated rings. The van der Waals surface area contributed by atoms with Gasteiger partial charge in [0.25, 0.3) is 0 Å². The summed E-state index contributed by atoms with van der Waals surface area (Å²) in [7, 11) is 1.35. The first-order valence-corrected chi connectivity index (χ1v) is 13.5. The maximum atomic E-state index is 13.2. The van der Waals surface area contributed by atoms with Crippen LogP contribution in [0.4, 0.5) is 11.4 Å². The first-order valence-electron chi connectivity index (χ1n) is 13.5. The standard InChI is InChI=1S/C29H33N5O5/c1-37-29(36)26-25(33-28(35)19-7-11-39-17-19)23-14-21(32-20-8-12-38-13-9-20)16-31-27(23)34(26)10-6-18-15-30-24-5-3-2-4-22(18)24/h2-5,14-16,19-20,30,32H,6-13,17H2,1H3,(H,33,35). The molecule has 10 nitrogen and oxygen atoms in total. The fraction of sp³-hybridized carbons (Fsp3) is 0.414. The van der Waals surface area contributed by atoms with Crippen molar-refractivity contribution < 1.29 is 23.8 Å². The quantitative estimate of drug-likeness (QED) is 0.293. The van der Waals surface area contributed by atoms with Crippen molar-refractivity contribution in [1.82, 2.24) is 14.5 Å². The Kier molecular flexibility index (Phi) is 7.21. The summed E-state index contributed by atoms with van der Waals surface area (Å²) in [4.78, 5) is 34.5. The van der Waals surface area contributed by atoms with Crippen LogP contribution < -0.4 is 10.6 Å². The molecule has 3 N–H and O–H groups in total. The van der Waals surface area contributed by atoms with Crippen molar-refractivity contribution in [2.24, 2.45) is 5.92 Å². The number of aromatic amines is 1. The number of benzene rings is 1. The number of fused-ring (bicyclic) bond motifs is 2. The Morgan fingerprint density at radius 2 is 1.95 bits per heavy atom. The molecule has 39 heavy (non-hydrogen) atoms. The van der Waals surface area contributed by atoms with Gasteiger partial charge in [-0.2, -0.15) is 0 Å². The summed E-state index contributed by atoms with van der Waals surface area (Å²) < 4.78 is 18.0. The number of aromatic nitrogens is 3. The lowest BCUT2D eigenvalue weighted by Gasteiger charge is -2.24. The summed E-state index contributed by atoms with van der Waals surface area (Å²) in [6.07, 6.45) is 6.90. The highest BCUT2D eigenvalue weighted by atomic mass is 16.5. The number of para-hydroxylation sites is 1. The molecule has 0 radical (unpaired) electrons. The molecule has 1 amide bonds. The second-order valence-electron chi connectivity index (χ2n) is 10.2. The van der Waals surface area contributed by atoms with E-state index < -0.39 is 5.97 Å². The molecule has 204 valence electrons. The average molecular weight is 532 g/mol. The van der Waals surface area contributed by atoms with E-state index in [0.29, 0.717) is 49.3 Å². The lowest BCUT2D eigenvalue weighted by Crippen LogP contribution is -2.27. The summed E-state index contributed by atoms with van der Waals surface area (Å²) >= 11 is 0. The third-order valence-corrected chi connectivity index (χ3v) is 7.70. The predicted molar refractivity (Wildman–Crippen MR) is 148 cm³/mol. The molecule has 0 spiro atoms. The number of carbonyl (C=O) groups is 2. The van der Waals surface area contributed by atoms with Crippen LogP contribution in [0.5, 0.6) is 0 Å². The SMILES string of the molecule is COC(=O)c1c(NC(=O)C2CCOC2)c2cc(NC3CCOCC3)cnc2n1CCc1c[nH]c2ccccc12. The van der Waals surface area contributed by atoms with Gasteiger partial charge < -0.3 is 34.4 Å². The van der Waals surface area contributed by atoms with Crippen molar-refractivity contribution >= 4 is 45.2 Å². The number of aryl methyl sites for hydroxylation is 2. The molecule has 2 aliphatic heterocycles. The van der Waals surface area contributed by atoms with Crippen molar-refractivity contribution in [1.29, 1.82) is 0 Å². The maximum Gasteiger partial charge on any atom is 0.356 e. The second kappa shape index (κ2) is 11.1. The number of pyridine rings is 1. The van der Waals surface area contributed by atoms with Crippen molar-refractivity contribution in [2.75, 3.05) is 44.2 Å². The van der Waals surface area contributed by atoms with Gasteiger partial charge in [0.1, 0.15) is 5.65 Å². The van der Waals surface area contributed by atoms with E-state index in [4.69, 9.17) is 19.2 Å². The fourth-order valence-corrected chi connectivity index (χ4v) is 5.57. The van der Waals surface area contributed by atoms with Crippen molar-refractivity contribution in [3.8, 4) is 0 Å². The zero-order valence-electron chi connectivity index (χ0n) is 22.0. The van der Waals surface area contributed by atoms with Gasteiger partial charge in [-0.1, -0.05) is 18.2 Å². The third kappa shape index (κ3) is 5.09. The largest absolute Gasteiger partial charge is 0.464 e. The number of hydrogen-bond acceptors (Lipinski definition) is 7. The van der Waals surface area contributed by atoms with Crippen LogP contribution in [-0.4, -0.2) is 66.0 Å². The van der Waals surface area contributed by atoms with Gasteiger partial charge in [0.15, 0.2) is 5.69 Å². The average Bonchev–Trinajstić information content (AvgIpc) is 3.71. The molecule has 1 aromatic carbocycles. The minimum Gasteiger partial charge on any atom is -0.464 e. The van der Waals surface area contributed by atoms with Gasteiger partial charge >= 0.3 is 5.97 Å². The van der Waals surface area contributed by atoms with Gasteiger partial charge in [-0.15, -0.1) is 0 Å². The van der Waals surface area contributed by atoms with E-state index in [1.807, 2.05) is 35.0 Å². The summed E-state index contributed by atoms with van der Waals surface area (Å²) in [6.45, 7) is 2.83. The molecule has 2 saturated heterocycles. The lowest BCUT2D eigenvalue weighted by atomic mass is 10.1. The Morgan fingerprint density at radius 3 is 2.74 bits per heavy atom. The molecule has 3 aromatic heterocycles. The van der Waals surface area contributed by atoms with E-state index in [1.165, 1.54) is 7.11 Å². The summed E-state index contributed by atoms with van der Waals surface area (Å²) in [6, 6.07) is 10.4. The maximum absolute atomic E-state index is 13.2. The zero-order chi connectivity index (χ0) is 26.8. The van der Waals surface area contributed by atoms with Gasteiger partial charge in [0.2, 0.25) is 5.91 Å². The van der Waals surface area contributed by atoms with Crippen molar-refractivity contribution in [2.45, 2.75) is 38.3 Å². The molecular formula is C29H33N5O5. The number of anilines is 2. The molecule has 4 aromatic rings. The summed E-state index contributed by atoms with van der Waals surface area (Å²) in [5.41, 5.74) is 4.36. The zero-order valence-corrected chi connectivity index (χ0v) is 22.0. The Bertz CT molecular complexity index is 1500. The van der Waals surface area contributed by atoms with Crippen molar-refractivity contribution in [3.63, 3.8) is 0 Å². The van der Waals surface area contributed by atoms with E-state index in [1.54, 1.807) is 6.20 Å². The van der Waals surface area contributed by atoms with Gasteiger partial charge in [0, 0.05) is 54.9 Å². The number of nitrogens with zero attached hydrogens (tertiary/aromatic N) is 2. The van der Waals surface area contributed by atoms with E-state index in [-0.39, 0.29) is 23.6 Å². The Balaban J connectivity index is 1.40. The van der Waals surface area contributed by atoms with Crippen LogP contribution in [-0.2, 0) is 32.0 Å². The minimum atomic E-state index is -0.524. The molecular weight excluding hydrogens is 498 g/mol. The molecule has 0 bridgehead atoms. The molecule has 10 heteroatoms. The molecule has 0 aliphatic carbocycles. The number of esters is 1. The monoisotopic (exact) mass is 531 g/mol. The van der Waals surface area contributed by atoms with Crippen LogP contribution in [0.25, 0.3) is 21.9 Å². The Hall–Kier alpha value is -3.89. The highest BCUT2D eigenvalue weighted by molar-refractivity contribution is 6.11. The normalized spacial score (nSPS) is 18.0. The molecule has 2 aliphatic rings. The summed E-state index contributed by atoms with van der Waals surface area (Å²) in [5, 5.41) is 8.43. The number of ether oxygens (including phenoxy) is 3. The number of methoxy groups -OCH3 is 1. The van der Waals surface area contributed by atoms with Crippen LogP contribution in [0.1, 0.15) is 35.3 Å². The second-order valence-corrected chi connectivity index (χ2v) is 10.2. The Morgan fingerprint density at radius 1 is 1.13 bits per heavy atom. The van der Waals surface area contributed by atoms with Crippen LogP contribution in [0, 0.1) is 5.92 Å². The third-order valence-electron chi connectivity index (χ3n) is 7.70. The minimum absolute atomic E-state index is 0.170. The number of nitrogens with one attached hydrogen (secondary N) is 3.